The first-order valence-corrected chi connectivity index (χ1v) is 9.03. The van der Waals surface area contributed by atoms with Gasteiger partial charge in [0, 0.05) is 19.2 Å². The standard InChI is InChI=1S/C21H24N2O5/c1-14(24)22-17-7-5-16(6-8-17)21(26)19-12-28-13-20(25)23(19)11-15-3-9-18(27-2)10-4-15/h3-10,19,21,26H,11-13H2,1-2H3,(H,22,24)/t19-,21-/m1/s1. The van der Waals surface area contributed by atoms with Crippen LogP contribution in [0.2, 0.25) is 0 Å². The van der Waals surface area contributed by atoms with E-state index < -0.39 is 12.1 Å². The molecule has 0 aliphatic carbocycles. The molecular formula is C21H24N2O5. The Morgan fingerprint density at radius 1 is 1.25 bits per heavy atom. The molecule has 2 aromatic rings. The molecule has 0 bridgehead atoms. The van der Waals surface area contributed by atoms with Gasteiger partial charge in [-0.25, -0.2) is 0 Å². The van der Waals surface area contributed by atoms with E-state index in [0.717, 1.165) is 11.3 Å². The fourth-order valence-electron chi connectivity index (χ4n) is 3.21. The minimum absolute atomic E-state index is 0.000837. The molecule has 0 spiro atoms. The zero-order valence-corrected chi connectivity index (χ0v) is 15.9. The molecule has 2 N–H and O–H groups in total. The van der Waals surface area contributed by atoms with Gasteiger partial charge in [0.1, 0.15) is 18.5 Å². The number of anilines is 1. The number of hydrogen-bond donors (Lipinski definition) is 2. The predicted octanol–water partition coefficient (Wildman–Crippen LogP) is 2.11. The van der Waals surface area contributed by atoms with Crippen LogP contribution in [0.25, 0.3) is 0 Å². The van der Waals surface area contributed by atoms with Gasteiger partial charge in [0.05, 0.1) is 19.8 Å². The maximum atomic E-state index is 12.5. The van der Waals surface area contributed by atoms with Crippen LogP contribution < -0.4 is 10.1 Å². The van der Waals surface area contributed by atoms with Crippen LogP contribution in [0.4, 0.5) is 5.69 Å². The lowest BCUT2D eigenvalue weighted by Gasteiger charge is -2.38. The minimum Gasteiger partial charge on any atom is -0.497 e. The maximum absolute atomic E-state index is 12.5. The van der Waals surface area contributed by atoms with Crippen LogP contribution in [0, 0.1) is 0 Å². The number of benzene rings is 2. The van der Waals surface area contributed by atoms with E-state index in [2.05, 4.69) is 5.32 Å². The molecule has 28 heavy (non-hydrogen) atoms. The van der Waals surface area contributed by atoms with Gasteiger partial charge >= 0.3 is 0 Å². The summed E-state index contributed by atoms with van der Waals surface area (Å²) in [6.45, 7) is 2.06. The van der Waals surface area contributed by atoms with E-state index in [1.807, 2.05) is 24.3 Å². The van der Waals surface area contributed by atoms with Crippen LogP contribution in [0.5, 0.6) is 5.75 Å². The highest BCUT2D eigenvalue weighted by molar-refractivity contribution is 5.88. The first kappa shape index (κ1) is 19.9. The second-order valence-electron chi connectivity index (χ2n) is 6.70. The highest BCUT2D eigenvalue weighted by Gasteiger charge is 2.34. The van der Waals surface area contributed by atoms with E-state index in [-0.39, 0.29) is 25.0 Å². The van der Waals surface area contributed by atoms with E-state index in [1.165, 1.54) is 6.92 Å². The third kappa shape index (κ3) is 4.68. The number of carbonyl (C=O) groups excluding carboxylic acids is 2. The SMILES string of the molecule is COc1ccc(CN2C(=O)COC[C@@H]2[C@H](O)c2ccc(NC(C)=O)cc2)cc1. The van der Waals surface area contributed by atoms with E-state index in [9.17, 15) is 14.7 Å². The number of nitrogens with one attached hydrogen (secondary N) is 1. The van der Waals surface area contributed by atoms with Crippen molar-refractivity contribution in [2.45, 2.75) is 25.6 Å². The number of rotatable bonds is 6. The Labute approximate surface area is 163 Å². The van der Waals surface area contributed by atoms with Gasteiger partial charge in [-0.15, -0.1) is 0 Å². The average molecular weight is 384 g/mol. The number of morpholine rings is 1. The molecule has 1 heterocycles. The summed E-state index contributed by atoms with van der Waals surface area (Å²) in [7, 11) is 1.60. The second-order valence-corrected chi connectivity index (χ2v) is 6.70. The summed E-state index contributed by atoms with van der Waals surface area (Å²) in [5, 5.41) is 13.6. The summed E-state index contributed by atoms with van der Waals surface area (Å²) in [6.07, 6.45) is -0.908. The first-order valence-electron chi connectivity index (χ1n) is 9.03. The van der Waals surface area contributed by atoms with E-state index in [0.29, 0.717) is 17.8 Å². The van der Waals surface area contributed by atoms with Crippen molar-refractivity contribution in [3.8, 4) is 5.75 Å². The Morgan fingerprint density at radius 3 is 2.54 bits per heavy atom. The molecule has 7 heteroatoms. The number of aliphatic hydroxyl groups excluding tert-OH is 1. The fourth-order valence-corrected chi connectivity index (χ4v) is 3.21. The molecule has 1 saturated heterocycles. The van der Waals surface area contributed by atoms with Gasteiger partial charge in [0.2, 0.25) is 11.8 Å². The molecule has 2 atom stereocenters. The number of amides is 2. The van der Waals surface area contributed by atoms with Gasteiger partial charge in [-0.05, 0) is 35.4 Å². The summed E-state index contributed by atoms with van der Waals surface area (Å²) in [5.74, 6) is 0.416. The Balaban J connectivity index is 1.76. The fraction of sp³-hybridized carbons (Fsp3) is 0.333. The van der Waals surface area contributed by atoms with Crippen molar-refractivity contribution >= 4 is 17.5 Å². The summed E-state index contributed by atoms with van der Waals surface area (Å²) >= 11 is 0. The van der Waals surface area contributed by atoms with Crippen LogP contribution in [0.15, 0.2) is 48.5 Å². The number of nitrogens with zero attached hydrogens (tertiary/aromatic N) is 1. The molecule has 0 aromatic heterocycles. The molecule has 0 unspecified atom stereocenters. The molecule has 2 aromatic carbocycles. The quantitative estimate of drug-likeness (QED) is 0.797. The van der Waals surface area contributed by atoms with Gasteiger partial charge in [-0.2, -0.15) is 0 Å². The maximum Gasteiger partial charge on any atom is 0.249 e. The summed E-state index contributed by atoms with van der Waals surface area (Å²) < 4.78 is 10.6. The van der Waals surface area contributed by atoms with E-state index in [1.54, 1.807) is 36.3 Å². The van der Waals surface area contributed by atoms with Gasteiger partial charge in [-0.3, -0.25) is 9.59 Å². The Morgan fingerprint density at radius 2 is 1.93 bits per heavy atom. The largest absolute Gasteiger partial charge is 0.497 e. The lowest BCUT2D eigenvalue weighted by molar-refractivity contribution is -0.155. The smallest absolute Gasteiger partial charge is 0.249 e. The molecule has 148 valence electrons. The lowest BCUT2D eigenvalue weighted by atomic mass is 9.99. The number of aliphatic hydroxyl groups is 1. The molecule has 0 radical (unpaired) electrons. The highest BCUT2D eigenvalue weighted by Crippen LogP contribution is 2.27. The monoisotopic (exact) mass is 384 g/mol. The molecule has 7 nitrogen and oxygen atoms in total. The minimum atomic E-state index is -0.908. The normalized spacial score (nSPS) is 17.9. The van der Waals surface area contributed by atoms with Crippen molar-refractivity contribution < 1.29 is 24.2 Å². The zero-order valence-electron chi connectivity index (χ0n) is 15.9. The number of carbonyl (C=O) groups is 2. The number of methoxy groups -OCH3 is 1. The van der Waals surface area contributed by atoms with Gasteiger partial charge in [0.15, 0.2) is 0 Å². The third-order valence-corrected chi connectivity index (χ3v) is 4.68. The van der Waals surface area contributed by atoms with Gasteiger partial charge in [-0.1, -0.05) is 24.3 Å². The average Bonchev–Trinajstić information content (AvgIpc) is 2.69. The third-order valence-electron chi connectivity index (χ3n) is 4.68. The first-order chi connectivity index (χ1) is 13.5. The van der Waals surface area contributed by atoms with E-state index >= 15 is 0 Å². The Kier molecular flexibility index (Phi) is 6.28. The Bertz CT molecular complexity index is 820. The van der Waals surface area contributed by atoms with Crippen LogP contribution in [-0.2, 0) is 20.9 Å². The molecule has 1 aliphatic rings. The molecule has 1 aliphatic heterocycles. The van der Waals surface area contributed by atoms with E-state index in [4.69, 9.17) is 9.47 Å². The molecular weight excluding hydrogens is 360 g/mol. The van der Waals surface area contributed by atoms with Crippen LogP contribution in [0.3, 0.4) is 0 Å². The van der Waals surface area contributed by atoms with Crippen molar-refractivity contribution in [1.29, 1.82) is 0 Å². The summed E-state index contributed by atoms with van der Waals surface area (Å²) in [5.41, 5.74) is 2.24. The molecule has 2 amide bonds. The predicted molar refractivity (Wildman–Crippen MR) is 104 cm³/mol. The summed E-state index contributed by atoms with van der Waals surface area (Å²) in [6, 6.07) is 13.9. The highest BCUT2D eigenvalue weighted by atomic mass is 16.5. The zero-order chi connectivity index (χ0) is 20.1. The van der Waals surface area contributed by atoms with Crippen molar-refractivity contribution in [2.24, 2.45) is 0 Å². The van der Waals surface area contributed by atoms with Crippen molar-refractivity contribution in [3.63, 3.8) is 0 Å². The van der Waals surface area contributed by atoms with Gasteiger partial charge < -0.3 is 24.8 Å². The van der Waals surface area contributed by atoms with Gasteiger partial charge in [0.25, 0.3) is 0 Å². The van der Waals surface area contributed by atoms with Crippen LogP contribution in [-0.4, -0.2) is 48.2 Å². The molecule has 0 saturated carbocycles. The van der Waals surface area contributed by atoms with Crippen molar-refractivity contribution in [3.05, 3.63) is 59.7 Å². The van der Waals surface area contributed by atoms with Crippen LogP contribution >= 0.6 is 0 Å². The molecule has 3 rings (SSSR count). The Hall–Kier alpha value is -2.90. The summed E-state index contributed by atoms with van der Waals surface area (Å²) in [4.78, 5) is 25.3. The number of hydrogen-bond acceptors (Lipinski definition) is 5. The number of ether oxygens (including phenoxy) is 2. The lowest BCUT2D eigenvalue weighted by Crippen LogP contribution is -2.51. The molecule has 1 fully saturated rings. The topological polar surface area (TPSA) is 88.1 Å². The van der Waals surface area contributed by atoms with Crippen molar-refractivity contribution in [1.82, 2.24) is 4.90 Å². The second kappa shape index (κ2) is 8.86. The van der Waals surface area contributed by atoms with Crippen LogP contribution in [0.1, 0.15) is 24.2 Å². The van der Waals surface area contributed by atoms with Crippen molar-refractivity contribution in [2.75, 3.05) is 25.6 Å².